The van der Waals surface area contributed by atoms with Gasteiger partial charge in [0.25, 0.3) is 11.8 Å². The highest BCUT2D eigenvalue weighted by molar-refractivity contribution is 6.23. The second-order valence-corrected chi connectivity index (χ2v) is 7.74. The molecule has 172 valence electrons. The molecule has 0 bridgehead atoms. The van der Waals surface area contributed by atoms with Gasteiger partial charge in [0, 0.05) is 11.4 Å². The number of imide groups is 1. The van der Waals surface area contributed by atoms with Crippen molar-refractivity contribution in [1.29, 1.82) is 0 Å². The second-order valence-electron chi connectivity index (χ2n) is 7.74. The summed E-state index contributed by atoms with van der Waals surface area (Å²) in [6, 6.07) is 21.0. The number of anilines is 2. The number of para-hydroxylation sites is 1. The van der Waals surface area contributed by atoms with E-state index in [1.807, 2.05) is 0 Å². The van der Waals surface area contributed by atoms with Crippen molar-refractivity contribution in [3.8, 4) is 5.75 Å². The van der Waals surface area contributed by atoms with Gasteiger partial charge in [0.05, 0.1) is 18.2 Å². The lowest BCUT2D eigenvalue weighted by Crippen LogP contribution is -2.50. The average Bonchev–Trinajstić information content (AvgIpc) is 3.10. The number of amides is 4. The van der Waals surface area contributed by atoms with E-state index in [0.717, 1.165) is 4.90 Å². The third-order valence-electron chi connectivity index (χ3n) is 5.60. The van der Waals surface area contributed by atoms with Gasteiger partial charge in [-0.2, -0.15) is 0 Å². The molecule has 0 aromatic heterocycles. The minimum atomic E-state index is -0.924. The van der Waals surface area contributed by atoms with Gasteiger partial charge in [-0.1, -0.05) is 30.3 Å². The van der Waals surface area contributed by atoms with Crippen LogP contribution in [0.4, 0.5) is 11.4 Å². The van der Waals surface area contributed by atoms with E-state index in [9.17, 15) is 19.2 Å². The Bertz CT molecular complexity index is 1210. The Hall–Kier alpha value is -4.46. The number of hydrogen-bond acceptors (Lipinski definition) is 5. The van der Waals surface area contributed by atoms with Gasteiger partial charge in [-0.05, 0) is 55.5 Å². The van der Waals surface area contributed by atoms with Gasteiger partial charge in [0.2, 0.25) is 11.8 Å². The molecule has 1 aliphatic rings. The van der Waals surface area contributed by atoms with Crippen molar-refractivity contribution < 1.29 is 23.9 Å². The number of nitrogens with one attached hydrogen (secondary N) is 1. The largest absolute Gasteiger partial charge is 0.497 e. The summed E-state index contributed by atoms with van der Waals surface area (Å²) in [5.41, 5.74) is 1.54. The smallest absolute Gasteiger partial charge is 0.262 e. The van der Waals surface area contributed by atoms with E-state index >= 15 is 0 Å². The standard InChI is InChI=1S/C26H23N3O5/c1-17(24(31)27-18-12-14-20(34-2)15-13-18)29(19-8-4-3-5-9-19)23(30)16-28-25(32)21-10-6-7-11-22(21)26(28)33/h3-15,17H,16H2,1-2H3,(H,27,31). The van der Waals surface area contributed by atoms with E-state index in [1.54, 1.807) is 92.9 Å². The van der Waals surface area contributed by atoms with E-state index in [0.29, 0.717) is 17.1 Å². The molecule has 1 N–H and O–H groups in total. The van der Waals surface area contributed by atoms with Gasteiger partial charge < -0.3 is 10.1 Å². The third kappa shape index (κ3) is 4.38. The average molecular weight is 457 g/mol. The van der Waals surface area contributed by atoms with Crippen molar-refractivity contribution in [1.82, 2.24) is 4.90 Å². The first-order valence-electron chi connectivity index (χ1n) is 10.7. The molecule has 8 nitrogen and oxygen atoms in total. The predicted molar refractivity (Wildman–Crippen MR) is 127 cm³/mol. The quantitative estimate of drug-likeness (QED) is 0.549. The Morgan fingerprint density at radius 2 is 1.44 bits per heavy atom. The van der Waals surface area contributed by atoms with E-state index in [4.69, 9.17) is 4.74 Å². The SMILES string of the molecule is COc1ccc(NC(=O)C(C)N(C(=O)CN2C(=O)c3ccccc3C2=O)c2ccccc2)cc1. The first-order chi connectivity index (χ1) is 16.4. The van der Waals surface area contributed by atoms with Crippen LogP contribution in [-0.2, 0) is 9.59 Å². The molecular formula is C26H23N3O5. The minimum absolute atomic E-state index is 0.261. The fraction of sp³-hybridized carbons (Fsp3) is 0.154. The van der Waals surface area contributed by atoms with Crippen LogP contribution in [0.3, 0.4) is 0 Å². The molecule has 0 saturated heterocycles. The molecule has 1 aliphatic heterocycles. The summed E-state index contributed by atoms with van der Waals surface area (Å²) in [5.74, 6) is -1.40. The number of ether oxygens (including phenoxy) is 1. The molecule has 8 heteroatoms. The zero-order chi connectivity index (χ0) is 24.2. The molecule has 0 saturated carbocycles. The molecule has 0 spiro atoms. The molecule has 1 unspecified atom stereocenters. The number of nitrogens with zero attached hydrogens (tertiary/aromatic N) is 2. The van der Waals surface area contributed by atoms with Crippen LogP contribution >= 0.6 is 0 Å². The maximum Gasteiger partial charge on any atom is 0.262 e. The molecule has 34 heavy (non-hydrogen) atoms. The third-order valence-corrected chi connectivity index (χ3v) is 5.60. The van der Waals surface area contributed by atoms with Gasteiger partial charge in [0.1, 0.15) is 18.3 Å². The summed E-state index contributed by atoms with van der Waals surface area (Å²) in [7, 11) is 1.55. The summed E-state index contributed by atoms with van der Waals surface area (Å²) in [6.45, 7) is 1.10. The van der Waals surface area contributed by atoms with Crippen molar-refractivity contribution in [3.63, 3.8) is 0 Å². The lowest BCUT2D eigenvalue weighted by molar-refractivity contribution is -0.123. The Balaban J connectivity index is 1.56. The Morgan fingerprint density at radius 3 is 2.00 bits per heavy atom. The van der Waals surface area contributed by atoms with Crippen LogP contribution in [0, 0.1) is 0 Å². The van der Waals surface area contributed by atoms with E-state index in [-0.39, 0.29) is 11.1 Å². The van der Waals surface area contributed by atoms with Crippen LogP contribution < -0.4 is 15.0 Å². The van der Waals surface area contributed by atoms with Crippen LogP contribution in [0.25, 0.3) is 0 Å². The fourth-order valence-corrected chi connectivity index (χ4v) is 3.80. The maximum atomic E-state index is 13.4. The molecule has 3 aromatic rings. The van der Waals surface area contributed by atoms with Crippen LogP contribution in [0.2, 0.25) is 0 Å². The molecule has 0 fully saturated rings. The fourth-order valence-electron chi connectivity index (χ4n) is 3.80. The highest BCUT2D eigenvalue weighted by Gasteiger charge is 2.38. The number of carbonyl (C=O) groups is 4. The van der Waals surface area contributed by atoms with Gasteiger partial charge >= 0.3 is 0 Å². The van der Waals surface area contributed by atoms with Crippen LogP contribution in [0.15, 0.2) is 78.9 Å². The number of rotatable bonds is 7. The Kier molecular flexibility index (Phi) is 6.40. The summed E-state index contributed by atoms with van der Waals surface area (Å²) in [4.78, 5) is 54.1. The highest BCUT2D eigenvalue weighted by Crippen LogP contribution is 2.24. The lowest BCUT2D eigenvalue weighted by atomic mass is 10.1. The van der Waals surface area contributed by atoms with Gasteiger partial charge in [0.15, 0.2) is 0 Å². The molecular weight excluding hydrogens is 434 g/mol. The number of hydrogen-bond donors (Lipinski definition) is 1. The van der Waals surface area contributed by atoms with Crippen molar-refractivity contribution >= 4 is 35.0 Å². The highest BCUT2D eigenvalue weighted by atomic mass is 16.5. The molecule has 4 rings (SSSR count). The number of methoxy groups -OCH3 is 1. The Labute approximate surface area is 196 Å². The second kappa shape index (κ2) is 9.58. The summed E-state index contributed by atoms with van der Waals surface area (Å²) < 4.78 is 5.13. The number of carbonyl (C=O) groups excluding carboxylic acids is 4. The zero-order valence-electron chi connectivity index (χ0n) is 18.7. The lowest BCUT2D eigenvalue weighted by Gasteiger charge is -2.30. The van der Waals surface area contributed by atoms with E-state index < -0.39 is 36.2 Å². The van der Waals surface area contributed by atoms with E-state index in [2.05, 4.69) is 5.32 Å². The molecule has 4 amide bonds. The van der Waals surface area contributed by atoms with Crippen LogP contribution in [0.1, 0.15) is 27.6 Å². The van der Waals surface area contributed by atoms with Crippen LogP contribution in [-0.4, -0.2) is 48.2 Å². The maximum absolute atomic E-state index is 13.4. The first kappa shape index (κ1) is 22.7. The molecule has 1 atom stereocenters. The van der Waals surface area contributed by atoms with Gasteiger partial charge in [-0.15, -0.1) is 0 Å². The first-order valence-corrected chi connectivity index (χ1v) is 10.7. The predicted octanol–water partition coefficient (Wildman–Crippen LogP) is 3.35. The summed E-state index contributed by atoms with van der Waals surface area (Å²) in [5, 5.41) is 2.79. The van der Waals surface area contributed by atoms with Crippen molar-refractivity contribution in [2.24, 2.45) is 0 Å². The Morgan fingerprint density at radius 1 is 0.882 bits per heavy atom. The molecule has 0 aliphatic carbocycles. The van der Waals surface area contributed by atoms with Gasteiger partial charge in [-0.25, -0.2) is 0 Å². The van der Waals surface area contributed by atoms with Gasteiger partial charge in [-0.3, -0.25) is 29.0 Å². The summed E-state index contributed by atoms with van der Waals surface area (Å²) in [6.07, 6.45) is 0. The van der Waals surface area contributed by atoms with Crippen molar-refractivity contribution in [2.45, 2.75) is 13.0 Å². The van der Waals surface area contributed by atoms with Crippen LogP contribution in [0.5, 0.6) is 5.75 Å². The molecule has 0 radical (unpaired) electrons. The minimum Gasteiger partial charge on any atom is -0.497 e. The van der Waals surface area contributed by atoms with Crippen molar-refractivity contribution in [2.75, 3.05) is 23.9 Å². The van der Waals surface area contributed by atoms with Crippen molar-refractivity contribution in [3.05, 3.63) is 90.0 Å². The number of fused-ring (bicyclic) bond motifs is 1. The molecule has 1 heterocycles. The summed E-state index contributed by atoms with van der Waals surface area (Å²) >= 11 is 0. The molecule has 3 aromatic carbocycles. The monoisotopic (exact) mass is 457 g/mol. The van der Waals surface area contributed by atoms with E-state index in [1.165, 1.54) is 4.90 Å². The zero-order valence-corrected chi connectivity index (χ0v) is 18.7. The normalized spacial score (nSPS) is 13.3. The number of benzene rings is 3. The topological polar surface area (TPSA) is 96.0 Å².